The Morgan fingerprint density at radius 3 is 3.00 bits per heavy atom. The molecule has 1 aromatic heterocycles. The number of halogens is 1. The SMILES string of the molecule is COOc1ccc2c(Cl)c(C3=CCOCC3)cnc2c1. The maximum Gasteiger partial charge on any atom is 0.167 e. The molecule has 3 rings (SSSR count). The summed E-state index contributed by atoms with van der Waals surface area (Å²) in [6.07, 6.45) is 4.72. The van der Waals surface area contributed by atoms with Crippen LogP contribution < -0.4 is 4.89 Å². The number of fused-ring (bicyclic) bond motifs is 1. The lowest BCUT2D eigenvalue weighted by atomic mass is 10.0. The molecule has 20 heavy (non-hydrogen) atoms. The molecular weight excluding hydrogens is 278 g/mol. The molecule has 0 radical (unpaired) electrons. The van der Waals surface area contributed by atoms with E-state index in [0.29, 0.717) is 17.4 Å². The van der Waals surface area contributed by atoms with Crippen LogP contribution in [-0.4, -0.2) is 25.3 Å². The van der Waals surface area contributed by atoms with Crippen LogP contribution in [0.2, 0.25) is 5.02 Å². The largest absolute Gasteiger partial charge is 0.377 e. The summed E-state index contributed by atoms with van der Waals surface area (Å²) in [7, 11) is 1.46. The van der Waals surface area contributed by atoms with Crippen LogP contribution in [0.5, 0.6) is 5.75 Å². The zero-order valence-electron chi connectivity index (χ0n) is 11.1. The van der Waals surface area contributed by atoms with Gasteiger partial charge in [0.25, 0.3) is 0 Å². The van der Waals surface area contributed by atoms with Crippen LogP contribution in [0.15, 0.2) is 30.5 Å². The van der Waals surface area contributed by atoms with E-state index in [2.05, 4.69) is 15.9 Å². The van der Waals surface area contributed by atoms with Gasteiger partial charge in [-0.3, -0.25) is 4.98 Å². The molecule has 0 spiro atoms. The summed E-state index contributed by atoms with van der Waals surface area (Å²) in [6.45, 7) is 1.35. The molecule has 0 saturated heterocycles. The minimum absolute atomic E-state index is 0.599. The second kappa shape index (κ2) is 5.79. The molecule has 104 valence electrons. The van der Waals surface area contributed by atoms with Crippen molar-refractivity contribution < 1.29 is 14.5 Å². The van der Waals surface area contributed by atoms with Gasteiger partial charge in [-0.25, -0.2) is 0 Å². The fourth-order valence-electron chi connectivity index (χ4n) is 2.28. The first kappa shape index (κ1) is 13.4. The van der Waals surface area contributed by atoms with Gasteiger partial charge in [0.05, 0.1) is 30.9 Å². The van der Waals surface area contributed by atoms with Crippen LogP contribution >= 0.6 is 11.6 Å². The molecule has 2 aromatic rings. The van der Waals surface area contributed by atoms with Crippen molar-refractivity contribution in [3.8, 4) is 5.75 Å². The number of pyridine rings is 1. The Hall–Kier alpha value is -1.62. The molecule has 0 atom stereocenters. The van der Waals surface area contributed by atoms with Crippen molar-refractivity contribution >= 4 is 28.1 Å². The van der Waals surface area contributed by atoms with Gasteiger partial charge in [0, 0.05) is 23.2 Å². The third-order valence-corrected chi connectivity index (χ3v) is 3.67. The molecule has 1 aromatic carbocycles. The quantitative estimate of drug-likeness (QED) is 0.639. The third kappa shape index (κ3) is 2.50. The number of hydrogen-bond acceptors (Lipinski definition) is 4. The highest BCUT2D eigenvalue weighted by molar-refractivity contribution is 6.37. The number of ether oxygens (including phenoxy) is 1. The molecule has 1 aliphatic heterocycles. The highest BCUT2D eigenvalue weighted by Gasteiger charge is 2.13. The van der Waals surface area contributed by atoms with E-state index in [-0.39, 0.29) is 0 Å². The van der Waals surface area contributed by atoms with Crippen LogP contribution in [0.1, 0.15) is 12.0 Å². The van der Waals surface area contributed by atoms with E-state index in [4.69, 9.17) is 21.2 Å². The topological polar surface area (TPSA) is 40.6 Å². The Labute approximate surface area is 121 Å². The number of rotatable bonds is 3. The van der Waals surface area contributed by atoms with Crippen LogP contribution in [0.4, 0.5) is 0 Å². The predicted octanol–water partition coefficient (Wildman–Crippen LogP) is 3.63. The number of hydrogen-bond donors (Lipinski definition) is 0. The third-order valence-electron chi connectivity index (χ3n) is 3.26. The predicted molar refractivity (Wildman–Crippen MR) is 77.8 cm³/mol. The van der Waals surface area contributed by atoms with Gasteiger partial charge >= 0.3 is 0 Å². The van der Waals surface area contributed by atoms with Crippen LogP contribution in [0, 0.1) is 0 Å². The van der Waals surface area contributed by atoms with E-state index < -0.39 is 0 Å². The molecular formula is C15H14ClNO3. The minimum atomic E-state index is 0.599. The number of nitrogens with zero attached hydrogens (tertiary/aromatic N) is 1. The van der Waals surface area contributed by atoms with Gasteiger partial charge in [-0.1, -0.05) is 17.7 Å². The summed E-state index contributed by atoms with van der Waals surface area (Å²) in [5.41, 5.74) is 2.94. The molecule has 0 aliphatic carbocycles. The summed E-state index contributed by atoms with van der Waals surface area (Å²) in [6, 6.07) is 5.50. The van der Waals surface area contributed by atoms with Crippen molar-refractivity contribution in [2.75, 3.05) is 20.3 Å². The normalized spacial score (nSPS) is 15.2. The summed E-state index contributed by atoms with van der Waals surface area (Å²) in [5, 5.41) is 1.62. The zero-order valence-corrected chi connectivity index (χ0v) is 11.8. The van der Waals surface area contributed by atoms with Crippen molar-refractivity contribution in [2.24, 2.45) is 0 Å². The maximum atomic E-state index is 6.51. The van der Waals surface area contributed by atoms with Gasteiger partial charge in [-0.2, -0.15) is 4.89 Å². The smallest absolute Gasteiger partial charge is 0.167 e. The lowest BCUT2D eigenvalue weighted by molar-refractivity contribution is -0.178. The average molecular weight is 292 g/mol. The van der Waals surface area contributed by atoms with Crippen molar-refractivity contribution in [1.82, 2.24) is 4.98 Å². The van der Waals surface area contributed by atoms with Gasteiger partial charge in [0.15, 0.2) is 5.75 Å². The Balaban J connectivity index is 2.06. The summed E-state index contributed by atoms with van der Waals surface area (Å²) < 4.78 is 5.32. The monoisotopic (exact) mass is 291 g/mol. The molecule has 2 heterocycles. The molecule has 0 fully saturated rings. The molecule has 4 nitrogen and oxygen atoms in total. The first-order chi connectivity index (χ1) is 9.79. The Bertz CT molecular complexity index is 669. The molecule has 0 bridgehead atoms. The first-order valence-electron chi connectivity index (χ1n) is 6.35. The molecule has 0 unspecified atom stereocenters. The van der Waals surface area contributed by atoms with Gasteiger partial charge in [-0.15, -0.1) is 0 Å². The molecule has 0 N–H and O–H groups in total. The first-order valence-corrected chi connectivity index (χ1v) is 6.73. The standard InChI is InChI=1S/C15H14ClNO3/c1-18-20-11-2-3-12-14(8-11)17-9-13(15(12)16)10-4-6-19-7-5-10/h2-4,8-9H,5-7H2,1H3. The lowest BCUT2D eigenvalue weighted by Crippen LogP contribution is -2.04. The molecule has 5 heteroatoms. The summed E-state index contributed by atoms with van der Waals surface area (Å²) >= 11 is 6.51. The number of aromatic nitrogens is 1. The molecule has 1 aliphatic rings. The van der Waals surface area contributed by atoms with Gasteiger partial charge in [0.1, 0.15) is 0 Å². The maximum absolute atomic E-state index is 6.51. The van der Waals surface area contributed by atoms with Crippen molar-refractivity contribution in [3.05, 3.63) is 41.1 Å². The van der Waals surface area contributed by atoms with E-state index in [1.807, 2.05) is 12.1 Å². The Morgan fingerprint density at radius 2 is 2.25 bits per heavy atom. The second-order valence-corrected chi connectivity index (χ2v) is 4.85. The summed E-state index contributed by atoms with van der Waals surface area (Å²) in [5.74, 6) is 0.599. The lowest BCUT2D eigenvalue weighted by Gasteiger charge is -2.15. The van der Waals surface area contributed by atoms with Crippen molar-refractivity contribution in [3.63, 3.8) is 0 Å². The van der Waals surface area contributed by atoms with E-state index in [0.717, 1.165) is 29.5 Å². The molecule has 0 amide bonds. The highest BCUT2D eigenvalue weighted by atomic mass is 35.5. The summed E-state index contributed by atoms with van der Waals surface area (Å²) in [4.78, 5) is 14.1. The van der Waals surface area contributed by atoms with Crippen molar-refractivity contribution in [2.45, 2.75) is 6.42 Å². The Kier molecular flexibility index (Phi) is 3.87. The van der Waals surface area contributed by atoms with E-state index in [1.165, 1.54) is 12.7 Å². The highest BCUT2D eigenvalue weighted by Crippen LogP contribution is 2.33. The van der Waals surface area contributed by atoms with Crippen LogP contribution in [0.25, 0.3) is 16.5 Å². The second-order valence-electron chi connectivity index (χ2n) is 4.47. The number of benzene rings is 1. The Morgan fingerprint density at radius 1 is 1.35 bits per heavy atom. The zero-order chi connectivity index (χ0) is 13.9. The average Bonchev–Trinajstić information content (AvgIpc) is 2.49. The van der Waals surface area contributed by atoms with Gasteiger partial charge in [0.2, 0.25) is 0 Å². The van der Waals surface area contributed by atoms with E-state index in [9.17, 15) is 0 Å². The van der Waals surface area contributed by atoms with Crippen LogP contribution in [0.3, 0.4) is 0 Å². The van der Waals surface area contributed by atoms with Crippen molar-refractivity contribution in [1.29, 1.82) is 0 Å². The van der Waals surface area contributed by atoms with Gasteiger partial charge in [-0.05, 0) is 24.1 Å². The van der Waals surface area contributed by atoms with Gasteiger partial charge < -0.3 is 9.62 Å². The van der Waals surface area contributed by atoms with Crippen LogP contribution in [-0.2, 0) is 9.62 Å². The van der Waals surface area contributed by atoms with E-state index >= 15 is 0 Å². The fourth-order valence-corrected chi connectivity index (χ4v) is 2.61. The fraction of sp³-hybridized carbons (Fsp3) is 0.267. The molecule has 0 saturated carbocycles. The van der Waals surface area contributed by atoms with E-state index in [1.54, 1.807) is 12.3 Å². The minimum Gasteiger partial charge on any atom is -0.377 e.